The van der Waals surface area contributed by atoms with Crippen LogP contribution in [0.15, 0.2) is 42.5 Å². The normalized spacial score (nSPS) is 18.4. The minimum atomic E-state index is -0.286. The number of hydrogen-bond acceptors (Lipinski definition) is 4. The summed E-state index contributed by atoms with van der Waals surface area (Å²) in [5.74, 6) is 1.28. The number of halogens is 1. The molecule has 1 fully saturated rings. The lowest BCUT2D eigenvalue weighted by Crippen LogP contribution is -2.56. The standard InChI is InChI=1S/C22H25FN2O3/c1-27-19-6-7-20-16(14-19)15-21(26)24-22(20)8-10-25(11-9-22)12-13-28-18-4-2-17(23)3-5-18/h2-7,14H,8-13,15H2,1H3,(H,24,26). The minimum Gasteiger partial charge on any atom is -0.497 e. The van der Waals surface area contributed by atoms with E-state index >= 15 is 0 Å². The van der Waals surface area contributed by atoms with E-state index in [-0.39, 0.29) is 17.3 Å². The van der Waals surface area contributed by atoms with E-state index in [1.54, 1.807) is 19.2 Å². The number of fused-ring (bicyclic) bond motifs is 2. The summed E-state index contributed by atoms with van der Waals surface area (Å²) < 4.78 is 24.0. The topological polar surface area (TPSA) is 50.8 Å². The Morgan fingerprint density at radius 3 is 2.54 bits per heavy atom. The molecule has 2 aliphatic heterocycles. The van der Waals surface area contributed by atoms with Crippen molar-refractivity contribution >= 4 is 5.91 Å². The van der Waals surface area contributed by atoms with Gasteiger partial charge in [0.15, 0.2) is 0 Å². The van der Waals surface area contributed by atoms with Gasteiger partial charge in [0, 0.05) is 19.6 Å². The van der Waals surface area contributed by atoms with Crippen molar-refractivity contribution in [2.24, 2.45) is 0 Å². The molecular weight excluding hydrogens is 359 g/mol. The number of benzene rings is 2. The molecule has 2 heterocycles. The van der Waals surface area contributed by atoms with Gasteiger partial charge in [0.2, 0.25) is 5.91 Å². The molecule has 0 aromatic heterocycles. The van der Waals surface area contributed by atoms with E-state index in [0.717, 1.165) is 43.8 Å². The van der Waals surface area contributed by atoms with Gasteiger partial charge in [-0.2, -0.15) is 0 Å². The number of hydrogen-bond donors (Lipinski definition) is 1. The van der Waals surface area contributed by atoms with Crippen molar-refractivity contribution in [2.75, 3.05) is 33.4 Å². The molecule has 0 bridgehead atoms. The van der Waals surface area contributed by atoms with E-state index in [9.17, 15) is 9.18 Å². The lowest BCUT2D eigenvalue weighted by Gasteiger charge is -2.45. The monoisotopic (exact) mass is 384 g/mol. The SMILES string of the molecule is COc1ccc2c(c1)CC(=O)NC21CCN(CCOc2ccc(F)cc2)CC1. The lowest BCUT2D eigenvalue weighted by molar-refractivity contribution is -0.124. The zero-order chi connectivity index (χ0) is 19.6. The molecule has 1 N–H and O–H groups in total. The molecule has 2 aliphatic rings. The van der Waals surface area contributed by atoms with E-state index in [0.29, 0.717) is 18.8 Å². The fraction of sp³-hybridized carbons (Fsp3) is 0.409. The van der Waals surface area contributed by atoms with Crippen molar-refractivity contribution in [1.82, 2.24) is 10.2 Å². The van der Waals surface area contributed by atoms with Gasteiger partial charge in [0.05, 0.1) is 19.1 Å². The molecule has 28 heavy (non-hydrogen) atoms. The smallest absolute Gasteiger partial charge is 0.225 e. The van der Waals surface area contributed by atoms with Gasteiger partial charge in [-0.15, -0.1) is 0 Å². The highest BCUT2D eigenvalue weighted by molar-refractivity contribution is 5.82. The van der Waals surface area contributed by atoms with Crippen LogP contribution in [0.1, 0.15) is 24.0 Å². The second kappa shape index (κ2) is 7.80. The maximum Gasteiger partial charge on any atom is 0.225 e. The maximum absolute atomic E-state index is 12.9. The zero-order valence-corrected chi connectivity index (χ0v) is 16.0. The van der Waals surface area contributed by atoms with Crippen LogP contribution in [0.3, 0.4) is 0 Å². The molecular formula is C22H25FN2O3. The molecule has 0 radical (unpaired) electrons. The number of carbonyl (C=O) groups is 1. The molecule has 1 saturated heterocycles. The largest absolute Gasteiger partial charge is 0.497 e. The average Bonchev–Trinajstić information content (AvgIpc) is 2.70. The molecule has 0 unspecified atom stereocenters. The molecule has 1 spiro atoms. The fourth-order valence-electron chi connectivity index (χ4n) is 4.24. The van der Waals surface area contributed by atoms with Crippen LogP contribution >= 0.6 is 0 Å². The predicted molar refractivity (Wildman–Crippen MR) is 104 cm³/mol. The zero-order valence-electron chi connectivity index (χ0n) is 16.0. The highest BCUT2D eigenvalue weighted by Gasteiger charge is 2.41. The van der Waals surface area contributed by atoms with E-state index in [1.165, 1.54) is 17.7 Å². The Kier molecular flexibility index (Phi) is 5.22. The highest BCUT2D eigenvalue weighted by Crippen LogP contribution is 2.39. The summed E-state index contributed by atoms with van der Waals surface area (Å²) in [6.07, 6.45) is 2.15. The Morgan fingerprint density at radius 2 is 1.82 bits per heavy atom. The summed E-state index contributed by atoms with van der Waals surface area (Å²) in [5, 5.41) is 3.26. The third kappa shape index (κ3) is 3.83. The quantitative estimate of drug-likeness (QED) is 0.861. The molecule has 2 aromatic rings. The summed E-state index contributed by atoms with van der Waals surface area (Å²) in [5.41, 5.74) is 2.00. The van der Waals surface area contributed by atoms with Crippen LogP contribution in [0.2, 0.25) is 0 Å². The van der Waals surface area contributed by atoms with Crippen LogP contribution in [-0.2, 0) is 16.8 Å². The summed E-state index contributed by atoms with van der Waals surface area (Å²) in [6, 6.07) is 12.1. The predicted octanol–water partition coefficient (Wildman–Crippen LogP) is 2.88. The highest BCUT2D eigenvalue weighted by atomic mass is 19.1. The molecule has 1 amide bonds. The Hall–Kier alpha value is -2.60. The second-order valence-corrected chi connectivity index (χ2v) is 7.47. The molecule has 5 nitrogen and oxygen atoms in total. The first-order chi connectivity index (χ1) is 13.6. The number of nitrogens with zero attached hydrogens (tertiary/aromatic N) is 1. The van der Waals surface area contributed by atoms with E-state index in [4.69, 9.17) is 9.47 Å². The Labute approximate surface area is 164 Å². The number of carbonyl (C=O) groups excluding carboxylic acids is 1. The first-order valence-corrected chi connectivity index (χ1v) is 9.67. The molecule has 2 aromatic carbocycles. The van der Waals surface area contributed by atoms with Crippen molar-refractivity contribution in [2.45, 2.75) is 24.8 Å². The van der Waals surface area contributed by atoms with Crippen LogP contribution in [0.5, 0.6) is 11.5 Å². The van der Waals surface area contributed by atoms with Gasteiger partial charge in [-0.05, 0) is 60.4 Å². The molecule has 148 valence electrons. The molecule has 4 rings (SSSR count). The number of piperidine rings is 1. The third-order valence-electron chi connectivity index (χ3n) is 5.76. The molecule has 0 saturated carbocycles. The van der Waals surface area contributed by atoms with Gasteiger partial charge in [-0.25, -0.2) is 4.39 Å². The van der Waals surface area contributed by atoms with Gasteiger partial charge in [0.25, 0.3) is 0 Å². The Morgan fingerprint density at radius 1 is 1.11 bits per heavy atom. The first-order valence-electron chi connectivity index (χ1n) is 9.67. The third-order valence-corrected chi connectivity index (χ3v) is 5.76. The summed E-state index contributed by atoms with van der Waals surface area (Å²) >= 11 is 0. The number of likely N-dealkylation sites (tertiary alicyclic amines) is 1. The minimum absolute atomic E-state index is 0.0776. The summed E-state index contributed by atoms with van der Waals surface area (Å²) in [7, 11) is 1.65. The van der Waals surface area contributed by atoms with Crippen LogP contribution in [0, 0.1) is 5.82 Å². The summed E-state index contributed by atoms with van der Waals surface area (Å²) in [4.78, 5) is 14.7. The lowest BCUT2D eigenvalue weighted by atomic mass is 9.75. The van der Waals surface area contributed by atoms with Crippen molar-refractivity contribution in [3.05, 3.63) is 59.4 Å². The van der Waals surface area contributed by atoms with Crippen LogP contribution in [0.4, 0.5) is 4.39 Å². The Balaban J connectivity index is 1.37. The second-order valence-electron chi connectivity index (χ2n) is 7.47. The first kappa shape index (κ1) is 18.7. The summed E-state index contributed by atoms with van der Waals surface area (Å²) in [6.45, 7) is 3.13. The van der Waals surface area contributed by atoms with E-state index in [1.807, 2.05) is 12.1 Å². The van der Waals surface area contributed by atoms with Gasteiger partial charge in [0.1, 0.15) is 23.9 Å². The number of rotatable bonds is 5. The molecule has 0 aliphatic carbocycles. The Bertz CT molecular complexity index is 845. The average molecular weight is 384 g/mol. The van der Waals surface area contributed by atoms with Crippen LogP contribution < -0.4 is 14.8 Å². The number of methoxy groups -OCH3 is 1. The number of ether oxygens (including phenoxy) is 2. The van der Waals surface area contributed by atoms with E-state index < -0.39 is 0 Å². The molecule has 6 heteroatoms. The van der Waals surface area contributed by atoms with Crippen molar-refractivity contribution in [1.29, 1.82) is 0 Å². The van der Waals surface area contributed by atoms with Crippen molar-refractivity contribution in [3.8, 4) is 11.5 Å². The number of nitrogens with one attached hydrogen (secondary N) is 1. The van der Waals surface area contributed by atoms with Crippen LogP contribution in [-0.4, -0.2) is 44.2 Å². The maximum atomic E-state index is 12.9. The van der Waals surface area contributed by atoms with Gasteiger partial charge in [-0.1, -0.05) is 6.07 Å². The van der Waals surface area contributed by atoms with Gasteiger partial charge < -0.3 is 14.8 Å². The van der Waals surface area contributed by atoms with Crippen LogP contribution in [0.25, 0.3) is 0 Å². The van der Waals surface area contributed by atoms with Crippen molar-refractivity contribution < 1.29 is 18.7 Å². The fourth-order valence-corrected chi connectivity index (χ4v) is 4.24. The van der Waals surface area contributed by atoms with E-state index in [2.05, 4.69) is 16.3 Å². The molecule has 0 atom stereocenters. The van der Waals surface area contributed by atoms with Gasteiger partial charge >= 0.3 is 0 Å². The van der Waals surface area contributed by atoms with Gasteiger partial charge in [-0.3, -0.25) is 9.69 Å². The number of amides is 1. The van der Waals surface area contributed by atoms with Crippen molar-refractivity contribution in [3.63, 3.8) is 0 Å².